The van der Waals surface area contributed by atoms with Gasteiger partial charge in [-0.2, -0.15) is 0 Å². The van der Waals surface area contributed by atoms with Crippen LogP contribution >= 0.6 is 0 Å². The Kier molecular flexibility index (Phi) is 6.33. The number of hydrogen-bond acceptors (Lipinski definition) is 4. The molecule has 1 aromatic carbocycles. The molecule has 0 radical (unpaired) electrons. The summed E-state index contributed by atoms with van der Waals surface area (Å²) in [5.74, 6) is 0.548. The second kappa shape index (κ2) is 8.74. The Balaban J connectivity index is 1.55. The maximum absolute atomic E-state index is 12.3. The fraction of sp³-hybridized carbons (Fsp3) is 0.619. The maximum atomic E-state index is 12.3. The molecule has 2 heterocycles. The van der Waals surface area contributed by atoms with E-state index in [1.54, 1.807) is 9.80 Å². The van der Waals surface area contributed by atoms with Gasteiger partial charge in [-0.3, -0.25) is 4.79 Å². The second-order valence-corrected chi connectivity index (χ2v) is 8.82. The molecule has 3 rings (SSSR count). The molecule has 1 unspecified atom stereocenters. The monoisotopic (exact) mass is 399 g/mol. The number of azide groups is 1. The molecule has 0 aliphatic carbocycles. The van der Waals surface area contributed by atoms with Gasteiger partial charge < -0.3 is 14.5 Å². The van der Waals surface area contributed by atoms with Crippen molar-refractivity contribution >= 4 is 17.7 Å². The van der Waals surface area contributed by atoms with Crippen LogP contribution in [-0.2, 0) is 9.53 Å². The van der Waals surface area contributed by atoms with E-state index in [1.165, 1.54) is 5.56 Å². The minimum absolute atomic E-state index is 0.0709. The van der Waals surface area contributed by atoms with Crippen molar-refractivity contribution in [3.63, 3.8) is 0 Å². The number of amides is 2. The summed E-state index contributed by atoms with van der Waals surface area (Å²) in [4.78, 5) is 30.8. The van der Waals surface area contributed by atoms with Crippen molar-refractivity contribution in [2.45, 2.75) is 51.6 Å². The molecule has 2 aliphatic heterocycles. The van der Waals surface area contributed by atoms with Gasteiger partial charge >= 0.3 is 6.09 Å². The van der Waals surface area contributed by atoms with Crippen LogP contribution in [0.3, 0.4) is 0 Å². The largest absolute Gasteiger partial charge is 0.444 e. The van der Waals surface area contributed by atoms with E-state index in [0.717, 1.165) is 18.5 Å². The van der Waals surface area contributed by atoms with E-state index in [4.69, 9.17) is 10.3 Å². The molecule has 2 saturated heterocycles. The molecule has 156 valence electrons. The summed E-state index contributed by atoms with van der Waals surface area (Å²) in [6, 6.07) is 8.14. The van der Waals surface area contributed by atoms with E-state index in [1.807, 2.05) is 32.9 Å². The van der Waals surface area contributed by atoms with Gasteiger partial charge in [-0.1, -0.05) is 17.2 Å². The number of likely N-dealkylation sites (tertiary alicyclic amines) is 1. The number of benzene rings is 1. The molecule has 0 bridgehead atoms. The Morgan fingerprint density at radius 1 is 1.24 bits per heavy atom. The topological polar surface area (TPSA) is 98.6 Å². The van der Waals surface area contributed by atoms with Crippen molar-refractivity contribution in [2.24, 2.45) is 11.0 Å². The molecule has 0 N–H and O–H groups in total. The van der Waals surface area contributed by atoms with Crippen LogP contribution in [0.1, 0.15) is 51.5 Å². The average Bonchev–Trinajstić information content (AvgIpc) is 3.06. The molecule has 2 fully saturated rings. The Bertz CT molecular complexity index is 788. The summed E-state index contributed by atoms with van der Waals surface area (Å²) in [6.07, 6.45) is 1.98. The smallest absolute Gasteiger partial charge is 0.410 e. The number of carbonyl (C=O) groups excluding carboxylic acids is 2. The van der Waals surface area contributed by atoms with Crippen LogP contribution in [-0.4, -0.2) is 48.7 Å². The minimum atomic E-state index is -0.475. The highest BCUT2D eigenvalue weighted by Gasteiger charge is 2.31. The highest BCUT2D eigenvalue weighted by molar-refractivity contribution is 5.95. The molecule has 2 aliphatic rings. The van der Waals surface area contributed by atoms with Gasteiger partial charge in [-0.05, 0) is 68.7 Å². The SMILES string of the molecule is CC(C)(C)OC(=O)N1CCC(c2ccc(N3CC(CN=[N+]=[N-])CC3=O)cc2)CC1. The molecule has 1 aromatic rings. The lowest BCUT2D eigenvalue weighted by Crippen LogP contribution is -2.41. The van der Waals surface area contributed by atoms with Crippen LogP contribution in [0.2, 0.25) is 0 Å². The molecule has 0 aromatic heterocycles. The maximum Gasteiger partial charge on any atom is 0.410 e. The predicted octanol–water partition coefficient (Wildman–Crippen LogP) is 4.46. The normalized spacial score (nSPS) is 20.5. The second-order valence-electron chi connectivity index (χ2n) is 8.82. The molecular formula is C21H29N5O3. The summed E-state index contributed by atoms with van der Waals surface area (Å²) in [7, 11) is 0. The van der Waals surface area contributed by atoms with Crippen molar-refractivity contribution in [1.82, 2.24) is 4.90 Å². The van der Waals surface area contributed by atoms with Crippen molar-refractivity contribution in [3.05, 3.63) is 40.3 Å². The lowest BCUT2D eigenvalue weighted by Gasteiger charge is -2.33. The highest BCUT2D eigenvalue weighted by atomic mass is 16.6. The molecule has 2 amide bonds. The molecule has 8 nitrogen and oxygen atoms in total. The van der Waals surface area contributed by atoms with Crippen molar-refractivity contribution in [2.75, 3.05) is 31.1 Å². The number of carbonyl (C=O) groups is 2. The predicted molar refractivity (Wildman–Crippen MR) is 111 cm³/mol. The van der Waals surface area contributed by atoms with Crippen LogP contribution < -0.4 is 4.90 Å². The standard InChI is InChI=1S/C21H29N5O3/c1-21(2,3)29-20(28)25-10-8-17(9-11-25)16-4-6-18(7-5-16)26-14-15(12-19(26)27)13-23-24-22/h4-7,15,17H,8-14H2,1-3H3. The van der Waals surface area contributed by atoms with Crippen LogP contribution in [0.5, 0.6) is 0 Å². The first kappa shape index (κ1) is 21.0. The van der Waals surface area contributed by atoms with Crippen molar-refractivity contribution in [3.8, 4) is 0 Å². The van der Waals surface area contributed by atoms with Crippen molar-refractivity contribution in [1.29, 1.82) is 0 Å². The van der Waals surface area contributed by atoms with E-state index in [0.29, 0.717) is 38.5 Å². The first-order chi connectivity index (χ1) is 13.8. The molecule has 0 spiro atoms. The van der Waals surface area contributed by atoms with E-state index in [9.17, 15) is 9.59 Å². The lowest BCUT2D eigenvalue weighted by atomic mass is 9.89. The van der Waals surface area contributed by atoms with Gasteiger partial charge in [0, 0.05) is 43.2 Å². The zero-order chi connectivity index (χ0) is 21.0. The Morgan fingerprint density at radius 2 is 1.90 bits per heavy atom. The number of hydrogen-bond donors (Lipinski definition) is 0. The molecule has 0 saturated carbocycles. The number of piperidine rings is 1. The minimum Gasteiger partial charge on any atom is -0.444 e. The Labute approximate surface area is 171 Å². The lowest BCUT2D eigenvalue weighted by molar-refractivity contribution is -0.117. The first-order valence-corrected chi connectivity index (χ1v) is 10.2. The number of nitrogens with zero attached hydrogens (tertiary/aromatic N) is 5. The van der Waals surface area contributed by atoms with Gasteiger partial charge in [0.1, 0.15) is 5.60 Å². The van der Waals surface area contributed by atoms with E-state index >= 15 is 0 Å². The zero-order valence-electron chi connectivity index (χ0n) is 17.4. The van der Waals surface area contributed by atoms with Gasteiger partial charge in [-0.15, -0.1) is 0 Å². The van der Waals surface area contributed by atoms with E-state index in [2.05, 4.69) is 22.2 Å². The van der Waals surface area contributed by atoms with Gasteiger partial charge in [0.15, 0.2) is 0 Å². The summed E-state index contributed by atoms with van der Waals surface area (Å²) < 4.78 is 5.46. The van der Waals surface area contributed by atoms with E-state index < -0.39 is 5.60 Å². The highest BCUT2D eigenvalue weighted by Crippen LogP contribution is 2.31. The number of rotatable bonds is 4. The van der Waals surface area contributed by atoms with Gasteiger partial charge in [0.2, 0.25) is 5.91 Å². The third-order valence-electron chi connectivity index (χ3n) is 5.43. The fourth-order valence-corrected chi connectivity index (χ4v) is 3.95. The molecule has 29 heavy (non-hydrogen) atoms. The zero-order valence-corrected chi connectivity index (χ0v) is 17.4. The van der Waals surface area contributed by atoms with Gasteiger partial charge in [0.05, 0.1) is 0 Å². The fourth-order valence-electron chi connectivity index (χ4n) is 3.95. The average molecular weight is 399 g/mol. The summed E-state index contributed by atoms with van der Waals surface area (Å²) in [5.41, 5.74) is 10.1. The van der Waals surface area contributed by atoms with Crippen LogP contribution in [0.15, 0.2) is 29.4 Å². The summed E-state index contributed by atoms with van der Waals surface area (Å²) >= 11 is 0. The summed E-state index contributed by atoms with van der Waals surface area (Å²) in [5, 5.41) is 3.59. The summed E-state index contributed by atoms with van der Waals surface area (Å²) in [6.45, 7) is 7.95. The first-order valence-electron chi connectivity index (χ1n) is 10.2. The number of ether oxygens (including phenoxy) is 1. The molecule has 1 atom stereocenters. The van der Waals surface area contributed by atoms with Gasteiger partial charge in [0.25, 0.3) is 0 Å². The van der Waals surface area contributed by atoms with Crippen molar-refractivity contribution < 1.29 is 14.3 Å². The number of anilines is 1. The molecular weight excluding hydrogens is 370 g/mol. The van der Waals surface area contributed by atoms with Crippen LogP contribution in [0.4, 0.5) is 10.5 Å². The van der Waals surface area contributed by atoms with Crippen LogP contribution in [0, 0.1) is 5.92 Å². The van der Waals surface area contributed by atoms with Gasteiger partial charge in [-0.25, -0.2) is 4.79 Å². The Hall–Kier alpha value is -2.73. The third kappa shape index (κ3) is 5.41. The van der Waals surface area contributed by atoms with Crippen LogP contribution in [0.25, 0.3) is 10.4 Å². The third-order valence-corrected chi connectivity index (χ3v) is 5.43. The van der Waals surface area contributed by atoms with E-state index in [-0.39, 0.29) is 17.9 Å². The Morgan fingerprint density at radius 3 is 2.48 bits per heavy atom. The molecule has 8 heteroatoms. The quantitative estimate of drug-likeness (QED) is 0.424.